The van der Waals surface area contributed by atoms with Crippen LogP contribution in [0.1, 0.15) is 32.6 Å². The topological polar surface area (TPSA) is 28.0 Å². The normalized spacial score (nSPS) is 22.7. The molecular weight excluding hydrogens is 186 g/mol. The van der Waals surface area contributed by atoms with Crippen molar-refractivity contribution in [3.8, 4) is 0 Å². The third-order valence-electron chi connectivity index (χ3n) is 2.72. The van der Waals surface area contributed by atoms with Crippen LogP contribution in [0.4, 0.5) is 0 Å². The van der Waals surface area contributed by atoms with E-state index in [0.717, 1.165) is 18.6 Å². The van der Waals surface area contributed by atoms with Crippen LogP contribution in [-0.2, 0) is 0 Å². The zero-order chi connectivity index (χ0) is 10.7. The standard InChI is InChI=1S/C12H17N3/c1-3-10-4-6-11(7-5-10)14-15(13-2)12-8-9-12/h4-6,12H,2-3,7-9H2,1H3/b14-11-. The van der Waals surface area contributed by atoms with Gasteiger partial charge in [-0.15, -0.1) is 0 Å². The molecule has 0 aliphatic heterocycles. The second kappa shape index (κ2) is 4.43. The summed E-state index contributed by atoms with van der Waals surface area (Å²) in [5.74, 6) is 0. The average Bonchev–Trinajstić information content (AvgIpc) is 3.10. The fraction of sp³-hybridized carbons (Fsp3) is 0.500. The molecule has 0 N–H and O–H groups in total. The molecule has 0 aromatic rings. The Balaban J connectivity index is 2.00. The summed E-state index contributed by atoms with van der Waals surface area (Å²) in [6.07, 6.45) is 10.8. The second-order valence-electron chi connectivity index (χ2n) is 3.95. The molecule has 0 radical (unpaired) electrons. The summed E-state index contributed by atoms with van der Waals surface area (Å²) < 4.78 is 0. The lowest BCUT2D eigenvalue weighted by atomic mass is 10.0. The molecule has 15 heavy (non-hydrogen) atoms. The second-order valence-corrected chi connectivity index (χ2v) is 3.95. The fourth-order valence-electron chi connectivity index (χ4n) is 1.58. The predicted molar refractivity (Wildman–Crippen MR) is 64.0 cm³/mol. The quantitative estimate of drug-likeness (QED) is 0.510. The van der Waals surface area contributed by atoms with Gasteiger partial charge in [0.15, 0.2) is 0 Å². The molecule has 0 unspecified atom stereocenters. The monoisotopic (exact) mass is 203 g/mol. The Bertz CT molecular complexity index is 335. The van der Waals surface area contributed by atoms with Gasteiger partial charge in [-0.1, -0.05) is 24.6 Å². The molecule has 0 aromatic carbocycles. The first-order chi connectivity index (χ1) is 7.33. The highest BCUT2D eigenvalue weighted by Gasteiger charge is 2.28. The van der Waals surface area contributed by atoms with Crippen LogP contribution in [0.25, 0.3) is 0 Å². The van der Waals surface area contributed by atoms with E-state index in [9.17, 15) is 0 Å². The van der Waals surface area contributed by atoms with Crippen molar-refractivity contribution in [1.29, 1.82) is 0 Å². The van der Waals surface area contributed by atoms with E-state index in [4.69, 9.17) is 0 Å². The van der Waals surface area contributed by atoms with Gasteiger partial charge in [0.05, 0.1) is 11.8 Å². The van der Waals surface area contributed by atoms with Gasteiger partial charge in [-0.2, -0.15) is 15.3 Å². The summed E-state index contributed by atoms with van der Waals surface area (Å²) in [4.78, 5) is 0. The molecule has 0 bridgehead atoms. The molecule has 2 aliphatic carbocycles. The predicted octanol–water partition coefficient (Wildman–Crippen LogP) is 2.72. The highest BCUT2D eigenvalue weighted by atomic mass is 15.7. The van der Waals surface area contributed by atoms with E-state index in [2.05, 4.69) is 42.1 Å². The smallest absolute Gasteiger partial charge is 0.0717 e. The molecule has 0 saturated heterocycles. The number of hydrogen-bond acceptors (Lipinski definition) is 3. The highest BCUT2D eigenvalue weighted by molar-refractivity contribution is 5.97. The van der Waals surface area contributed by atoms with E-state index in [1.54, 1.807) is 5.12 Å². The summed E-state index contributed by atoms with van der Waals surface area (Å²) in [6, 6.07) is 0.500. The van der Waals surface area contributed by atoms with Gasteiger partial charge in [0.25, 0.3) is 0 Å². The zero-order valence-corrected chi connectivity index (χ0v) is 9.19. The van der Waals surface area contributed by atoms with Gasteiger partial charge in [0.1, 0.15) is 0 Å². The molecule has 2 aliphatic rings. The molecule has 0 atom stereocenters. The Kier molecular flexibility index (Phi) is 2.99. The Morgan fingerprint density at radius 3 is 2.73 bits per heavy atom. The Labute approximate surface area is 90.9 Å². The van der Waals surface area contributed by atoms with Gasteiger partial charge in [0, 0.05) is 13.1 Å². The zero-order valence-electron chi connectivity index (χ0n) is 9.19. The average molecular weight is 203 g/mol. The molecule has 0 heterocycles. The molecule has 1 fully saturated rings. The molecule has 2 rings (SSSR count). The highest BCUT2D eigenvalue weighted by Crippen LogP contribution is 2.27. The summed E-state index contributed by atoms with van der Waals surface area (Å²) in [7, 11) is 0. The lowest BCUT2D eigenvalue weighted by Gasteiger charge is -2.13. The third-order valence-corrected chi connectivity index (χ3v) is 2.72. The maximum Gasteiger partial charge on any atom is 0.0717 e. The van der Waals surface area contributed by atoms with Crippen LogP contribution in [0.2, 0.25) is 0 Å². The molecule has 80 valence electrons. The van der Waals surface area contributed by atoms with Crippen molar-refractivity contribution in [2.75, 3.05) is 0 Å². The van der Waals surface area contributed by atoms with E-state index in [1.807, 2.05) is 0 Å². The van der Waals surface area contributed by atoms with E-state index in [0.29, 0.717) is 6.04 Å². The van der Waals surface area contributed by atoms with Gasteiger partial charge < -0.3 is 0 Å². The van der Waals surface area contributed by atoms with Gasteiger partial charge in [-0.25, -0.2) is 0 Å². The van der Waals surface area contributed by atoms with Crippen molar-refractivity contribution in [3.63, 3.8) is 0 Å². The number of nitrogens with zero attached hydrogens (tertiary/aromatic N) is 3. The SMILES string of the molecule is C=NN(/N=C1/C=CC(CC)=CC1)C1CC1. The maximum atomic E-state index is 4.47. The van der Waals surface area contributed by atoms with Crippen LogP contribution in [0.5, 0.6) is 0 Å². The summed E-state index contributed by atoms with van der Waals surface area (Å²) in [5, 5.41) is 10.2. The first-order valence-corrected chi connectivity index (χ1v) is 5.54. The van der Waals surface area contributed by atoms with Crippen LogP contribution in [0, 0.1) is 0 Å². The van der Waals surface area contributed by atoms with Gasteiger partial charge in [0.2, 0.25) is 0 Å². The van der Waals surface area contributed by atoms with Crippen LogP contribution in [0.15, 0.2) is 34.0 Å². The number of hydrazone groups is 2. The van der Waals surface area contributed by atoms with Crippen molar-refractivity contribution in [2.45, 2.75) is 38.6 Å². The number of hydrogen-bond donors (Lipinski definition) is 0. The number of allylic oxidation sites excluding steroid dienone is 4. The van der Waals surface area contributed by atoms with Gasteiger partial charge in [-0.3, -0.25) is 0 Å². The van der Waals surface area contributed by atoms with Gasteiger partial charge in [-0.05, 0) is 25.3 Å². The minimum Gasteiger partial charge on any atom is -0.182 e. The third kappa shape index (κ3) is 2.55. The molecule has 0 spiro atoms. The van der Waals surface area contributed by atoms with Crippen molar-refractivity contribution < 1.29 is 0 Å². The molecule has 0 aromatic heterocycles. The first kappa shape index (κ1) is 10.1. The number of rotatable bonds is 4. The molecule has 3 heteroatoms. The van der Waals surface area contributed by atoms with E-state index in [1.165, 1.54) is 18.4 Å². The Morgan fingerprint density at radius 1 is 1.47 bits per heavy atom. The first-order valence-electron chi connectivity index (χ1n) is 5.54. The molecule has 3 nitrogen and oxygen atoms in total. The maximum absolute atomic E-state index is 4.47. The minimum absolute atomic E-state index is 0.500. The lowest BCUT2D eigenvalue weighted by molar-refractivity contribution is 0.296. The van der Waals surface area contributed by atoms with Crippen molar-refractivity contribution in [1.82, 2.24) is 5.12 Å². The minimum atomic E-state index is 0.500. The van der Waals surface area contributed by atoms with Crippen molar-refractivity contribution in [3.05, 3.63) is 23.8 Å². The van der Waals surface area contributed by atoms with E-state index < -0.39 is 0 Å². The van der Waals surface area contributed by atoms with Gasteiger partial charge >= 0.3 is 0 Å². The lowest BCUT2D eigenvalue weighted by Crippen LogP contribution is -2.15. The Hall–Kier alpha value is -1.38. The van der Waals surface area contributed by atoms with E-state index in [-0.39, 0.29) is 0 Å². The molecule has 1 saturated carbocycles. The molecule has 0 amide bonds. The summed E-state index contributed by atoms with van der Waals surface area (Å²) in [6.45, 7) is 5.71. The molecular formula is C12H17N3. The van der Waals surface area contributed by atoms with Crippen LogP contribution in [0.3, 0.4) is 0 Å². The largest absolute Gasteiger partial charge is 0.182 e. The van der Waals surface area contributed by atoms with Crippen LogP contribution < -0.4 is 0 Å². The van der Waals surface area contributed by atoms with E-state index >= 15 is 0 Å². The van der Waals surface area contributed by atoms with Crippen molar-refractivity contribution in [2.24, 2.45) is 10.2 Å². The van der Waals surface area contributed by atoms with Crippen LogP contribution in [-0.4, -0.2) is 23.6 Å². The fourth-order valence-corrected chi connectivity index (χ4v) is 1.58. The van der Waals surface area contributed by atoms with Crippen molar-refractivity contribution >= 4 is 12.4 Å². The summed E-state index contributed by atoms with van der Waals surface area (Å²) in [5.41, 5.74) is 2.46. The summed E-state index contributed by atoms with van der Waals surface area (Å²) >= 11 is 0. The van der Waals surface area contributed by atoms with Crippen LogP contribution >= 0.6 is 0 Å². The Morgan fingerprint density at radius 2 is 2.27 bits per heavy atom.